The Kier molecular flexibility index (Phi) is 4.33. The van der Waals surface area contributed by atoms with Gasteiger partial charge in [0.05, 0.1) is 18.4 Å². The standard InChI is InChI=1S/C13H19N5O/c1-3-6-14-11-9-13(19)18(16-10-11)8-5-12-4-7-15-17(12)2/h4,7,9-10,14H,3,5-6,8H2,1-2H3. The van der Waals surface area contributed by atoms with Gasteiger partial charge in [-0.2, -0.15) is 10.2 Å². The summed E-state index contributed by atoms with van der Waals surface area (Å²) in [5, 5.41) is 11.4. The van der Waals surface area contributed by atoms with Gasteiger partial charge in [-0.1, -0.05) is 6.92 Å². The van der Waals surface area contributed by atoms with E-state index in [1.807, 2.05) is 17.8 Å². The van der Waals surface area contributed by atoms with E-state index >= 15 is 0 Å². The van der Waals surface area contributed by atoms with Crippen molar-refractivity contribution >= 4 is 5.69 Å². The van der Waals surface area contributed by atoms with E-state index in [4.69, 9.17) is 0 Å². The van der Waals surface area contributed by atoms with Crippen LogP contribution in [-0.2, 0) is 20.0 Å². The second kappa shape index (κ2) is 6.17. The fourth-order valence-electron chi connectivity index (χ4n) is 1.83. The van der Waals surface area contributed by atoms with Crippen molar-refractivity contribution in [3.8, 4) is 0 Å². The first-order chi connectivity index (χ1) is 9.20. The molecule has 0 atom stereocenters. The number of nitrogens with one attached hydrogen (secondary N) is 1. The molecule has 6 heteroatoms. The molecule has 0 aliphatic heterocycles. The Hall–Kier alpha value is -2.11. The van der Waals surface area contributed by atoms with Crippen LogP contribution in [0, 0.1) is 0 Å². The fraction of sp³-hybridized carbons (Fsp3) is 0.462. The molecule has 0 fully saturated rings. The van der Waals surface area contributed by atoms with Crippen LogP contribution in [0.25, 0.3) is 0 Å². The van der Waals surface area contributed by atoms with E-state index in [0.717, 1.165) is 30.8 Å². The van der Waals surface area contributed by atoms with Crippen LogP contribution in [0.4, 0.5) is 5.69 Å². The maximum absolute atomic E-state index is 11.9. The van der Waals surface area contributed by atoms with Crippen LogP contribution in [0.2, 0.25) is 0 Å². The number of aromatic nitrogens is 4. The number of hydrogen-bond acceptors (Lipinski definition) is 4. The lowest BCUT2D eigenvalue weighted by Gasteiger charge is -2.07. The lowest BCUT2D eigenvalue weighted by Crippen LogP contribution is -2.24. The average Bonchev–Trinajstić information content (AvgIpc) is 2.81. The molecule has 0 saturated carbocycles. The molecule has 0 saturated heterocycles. The van der Waals surface area contributed by atoms with Crippen LogP contribution in [0.5, 0.6) is 0 Å². The topological polar surface area (TPSA) is 64.7 Å². The maximum atomic E-state index is 11.9. The Bertz CT molecular complexity index is 587. The molecule has 1 N–H and O–H groups in total. The van der Waals surface area contributed by atoms with Gasteiger partial charge in [0.25, 0.3) is 5.56 Å². The van der Waals surface area contributed by atoms with E-state index in [0.29, 0.717) is 6.54 Å². The van der Waals surface area contributed by atoms with Crippen LogP contribution in [-0.4, -0.2) is 26.1 Å². The van der Waals surface area contributed by atoms with E-state index in [-0.39, 0.29) is 5.56 Å². The quantitative estimate of drug-likeness (QED) is 0.844. The molecular weight excluding hydrogens is 242 g/mol. The first-order valence-electron chi connectivity index (χ1n) is 6.48. The average molecular weight is 261 g/mol. The highest BCUT2D eigenvalue weighted by molar-refractivity contribution is 5.38. The molecule has 0 amide bonds. The molecule has 19 heavy (non-hydrogen) atoms. The summed E-state index contributed by atoms with van der Waals surface area (Å²) in [6, 6.07) is 3.54. The van der Waals surface area contributed by atoms with Crippen LogP contribution in [0.3, 0.4) is 0 Å². The maximum Gasteiger partial charge on any atom is 0.268 e. The van der Waals surface area contributed by atoms with Crippen molar-refractivity contribution in [3.05, 3.63) is 40.6 Å². The van der Waals surface area contributed by atoms with Gasteiger partial charge < -0.3 is 5.32 Å². The highest BCUT2D eigenvalue weighted by atomic mass is 16.1. The van der Waals surface area contributed by atoms with E-state index in [1.165, 1.54) is 4.68 Å². The third-order valence-corrected chi connectivity index (χ3v) is 2.95. The summed E-state index contributed by atoms with van der Waals surface area (Å²) in [5.41, 5.74) is 1.79. The Morgan fingerprint density at radius 3 is 2.84 bits per heavy atom. The number of hydrogen-bond donors (Lipinski definition) is 1. The molecule has 0 spiro atoms. The molecular formula is C13H19N5O. The zero-order valence-corrected chi connectivity index (χ0v) is 11.3. The predicted octanol–water partition coefficient (Wildman–Crippen LogP) is 1.04. The summed E-state index contributed by atoms with van der Waals surface area (Å²) in [6.07, 6.45) is 5.21. The lowest BCUT2D eigenvalue weighted by atomic mass is 10.3. The SMILES string of the molecule is CCCNc1cnn(CCc2ccnn2C)c(=O)c1. The van der Waals surface area contributed by atoms with Gasteiger partial charge in [0.15, 0.2) is 0 Å². The van der Waals surface area contributed by atoms with E-state index < -0.39 is 0 Å². The van der Waals surface area contributed by atoms with Gasteiger partial charge in [-0.05, 0) is 12.5 Å². The lowest BCUT2D eigenvalue weighted by molar-refractivity contribution is 0.558. The third kappa shape index (κ3) is 3.43. The highest BCUT2D eigenvalue weighted by Crippen LogP contribution is 2.01. The normalized spacial score (nSPS) is 10.6. The molecule has 2 rings (SSSR count). The second-order valence-corrected chi connectivity index (χ2v) is 4.43. The second-order valence-electron chi connectivity index (χ2n) is 4.43. The molecule has 2 aromatic rings. The number of anilines is 1. The number of nitrogens with zero attached hydrogens (tertiary/aromatic N) is 4. The smallest absolute Gasteiger partial charge is 0.268 e. The molecule has 6 nitrogen and oxygen atoms in total. The van der Waals surface area contributed by atoms with Crippen LogP contribution in [0.15, 0.2) is 29.3 Å². The fourth-order valence-corrected chi connectivity index (χ4v) is 1.83. The monoisotopic (exact) mass is 261 g/mol. The van der Waals surface area contributed by atoms with Crippen molar-refractivity contribution in [1.29, 1.82) is 0 Å². The molecule has 0 unspecified atom stereocenters. The highest BCUT2D eigenvalue weighted by Gasteiger charge is 2.02. The predicted molar refractivity (Wildman–Crippen MR) is 74.2 cm³/mol. The van der Waals surface area contributed by atoms with E-state index in [2.05, 4.69) is 22.4 Å². The molecule has 0 radical (unpaired) electrons. The van der Waals surface area contributed by atoms with Gasteiger partial charge in [0.1, 0.15) is 0 Å². The summed E-state index contributed by atoms with van der Waals surface area (Å²) in [4.78, 5) is 11.9. The zero-order chi connectivity index (χ0) is 13.7. The molecule has 102 valence electrons. The van der Waals surface area contributed by atoms with E-state index in [9.17, 15) is 4.79 Å². The van der Waals surface area contributed by atoms with Crippen molar-refractivity contribution in [2.24, 2.45) is 7.05 Å². The van der Waals surface area contributed by atoms with Crippen LogP contribution < -0.4 is 10.9 Å². The zero-order valence-electron chi connectivity index (χ0n) is 11.3. The minimum atomic E-state index is -0.0803. The third-order valence-electron chi connectivity index (χ3n) is 2.95. The van der Waals surface area contributed by atoms with Crippen LogP contribution >= 0.6 is 0 Å². The first-order valence-corrected chi connectivity index (χ1v) is 6.48. The minimum absolute atomic E-state index is 0.0803. The number of rotatable bonds is 6. The van der Waals surface area contributed by atoms with Gasteiger partial charge in [-0.15, -0.1) is 0 Å². The van der Waals surface area contributed by atoms with Crippen molar-refractivity contribution < 1.29 is 0 Å². The largest absolute Gasteiger partial charge is 0.384 e. The Morgan fingerprint density at radius 1 is 1.37 bits per heavy atom. The van der Waals surface area contributed by atoms with E-state index in [1.54, 1.807) is 18.5 Å². The summed E-state index contributed by atoms with van der Waals surface area (Å²) >= 11 is 0. The molecule has 2 aromatic heterocycles. The summed E-state index contributed by atoms with van der Waals surface area (Å²) in [6.45, 7) is 3.49. The molecule has 0 aliphatic rings. The Labute approximate surface area is 112 Å². The molecule has 0 aliphatic carbocycles. The van der Waals surface area contributed by atoms with Crippen LogP contribution in [0.1, 0.15) is 19.0 Å². The Balaban J connectivity index is 2.01. The van der Waals surface area contributed by atoms with Crippen molar-refractivity contribution in [3.63, 3.8) is 0 Å². The number of aryl methyl sites for hydroxylation is 3. The molecule has 2 heterocycles. The van der Waals surface area contributed by atoms with Crippen molar-refractivity contribution in [1.82, 2.24) is 19.6 Å². The van der Waals surface area contributed by atoms with Gasteiger partial charge in [-0.3, -0.25) is 9.48 Å². The van der Waals surface area contributed by atoms with Crippen molar-refractivity contribution in [2.45, 2.75) is 26.3 Å². The van der Waals surface area contributed by atoms with Gasteiger partial charge in [0, 0.05) is 38.0 Å². The van der Waals surface area contributed by atoms with Gasteiger partial charge in [0.2, 0.25) is 0 Å². The van der Waals surface area contributed by atoms with Gasteiger partial charge in [-0.25, -0.2) is 4.68 Å². The minimum Gasteiger partial charge on any atom is -0.384 e. The summed E-state index contributed by atoms with van der Waals surface area (Å²) < 4.78 is 3.28. The Morgan fingerprint density at radius 2 is 2.21 bits per heavy atom. The first kappa shape index (κ1) is 13.3. The van der Waals surface area contributed by atoms with Crippen molar-refractivity contribution in [2.75, 3.05) is 11.9 Å². The van der Waals surface area contributed by atoms with Gasteiger partial charge >= 0.3 is 0 Å². The summed E-state index contributed by atoms with van der Waals surface area (Å²) in [7, 11) is 1.89. The summed E-state index contributed by atoms with van der Waals surface area (Å²) in [5.74, 6) is 0. The molecule has 0 bridgehead atoms. The molecule has 0 aromatic carbocycles.